The highest BCUT2D eigenvalue weighted by Gasteiger charge is 2.01. The van der Waals surface area contributed by atoms with E-state index < -0.39 is 0 Å². The third kappa shape index (κ3) is 2.36. The van der Waals surface area contributed by atoms with E-state index in [-0.39, 0.29) is 5.28 Å². The second-order valence-electron chi connectivity index (χ2n) is 2.01. The molecule has 0 atom stereocenters. The van der Waals surface area contributed by atoms with Crippen LogP contribution in [0.15, 0.2) is 18.9 Å². The van der Waals surface area contributed by atoms with E-state index in [2.05, 4.69) is 21.9 Å². The molecule has 0 radical (unpaired) electrons. The molecule has 0 spiro atoms. The van der Waals surface area contributed by atoms with Crippen molar-refractivity contribution >= 4 is 29.0 Å². The summed E-state index contributed by atoms with van der Waals surface area (Å²) in [6, 6.07) is 0. The van der Waals surface area contributed by atoms with Crippen molar-refractivity contribution in [3.8, 4) is 0 Å². The van der Waals surface area contributed by atoms with Gasteiger partial charge in [-0.1, -0.05) is 17.7 Å². The molecule has 64 valence electrons. The van der Waals surface area contributed by atoms with Crippen LogP contribution in [0, 0.1) is 0 Å². The van der Waals surface area contributed by atoms with Crippen LogP contribution in [-0.2, 0) is 0 Å². The molecule has 1 heterocycles. The van der Waals surface area contributed by atoms with E-state index >= 15 is 0 Å². The summed E-state index contributed by atoms with van der Waals surface area (Å²) < 4.78 is 0. The Balaban J connectivity index is 2.82. The Morgan fingerprint density at radius 3 is 3.00 bits per heavy atom. The smallest absolute Gasteiger partial charge is 0.224 e. The van der Waals surface area contributed by atoms with Crippen molar-refractivity contribution in [1.29, 1.82) is 0 Å². The normalized spacial score (nSPS) is 9.50. The third-order valence-corrected chi connectivity index (χ3v) is 1.59. The van der Waals surface area contributed by atoms with E-state index in [0.717, 1.165) is 0 Å². The SMILES string of the molecule is C=CCNc1nc(Cl)ncc1Cl. The number of hydrogen-bond acceptors (Lipinski definition) is 3. The standard InChI is InChI=1S/C7H7Cl2N3/c1-2-3-10-6-5(8)4-11-7(9)12-6/h2,4H,1,3H2,(H,10,11,12). The summed E-state index contributed by atoms with van der Waals surface area (Å²) in [5, 5.41) is 3.54. The van der Waals surface area contributed by atoms with E-state index in [0.29, 0.717) is 17.4 Å². The first-order chi connectivity index (χ1) is 5.74. The lowest BCUT2D eigenvalue weighted by atomic mass is 10.5. The molecule has 1 rings (SSSR count). The van der Waals surface area contributed by atoms with Crippen LogP contribution in [0.3, 0.4) is 0 Å². The quantitative estimate of drug-likeness (QED) is 0.606. The molecule has 0 saturated carbocycles. The van der Waals surface area contributed by atoms with E-state index in [9.17, 15) is 0 Å². The Kier molecular flexibility index (Phi) is 3.31. The highest BCUT2D eigenvalue weighted by Crippen LogP contribution is 2.18. The van der Waals surface area contributed by atoms with Crippen LogP contribution in [0.1, 0.15) is 0 Å². The molecule has 5 heteroatoms. The molecule has 1 N–H and O–H groups in total. The Labute approximate surface area is 80.4 Å². The van der Waals surface area contributed by atoms with Crippen LogP contribution >= 0.6 is 23.2 Å². The lowest BCUT2D eigenvalue weighted by Crippen LogP contribution is -2.01. The van der Waals surface area contributed by atoms with E-state index in [1.165, 1.54) is 6.20 Å². The number of nitrogens with one attached hydrogen (secondary N) is 1. The summed E-state index contributed by atoms with van der Waals surface area (Å²) in [7, 11) is 0. The van der Waals surface area contributed by atoms with Gasteiger partial charge in [-0.2, -0.15) is 4.98 Å². The molecule has 0 bridgehead atoms. The maximum atomic E-state index is 5.75. The molecule has 0 amide bonds. The predicted octanol–water partition coefficient (Wildman–Crippen LogP) is 2.38. The second-order valence-corrected chi connectivity index (χ2v) is 2.75. The molecule has 0 unspecified atom stereocenters. The Morgan fingerprint density at radius 2 is 2.33 bits per heavy atom. The summed E-state index contributed by atoms with van der Waals surface area (Å²) in [4.78, 5) is 7.58. The summed E-state index contributed by atoms with van der Waals surface area (Å²) >= 11 is 11.3. The van der Waals surface area contributed by atoms with Crippen LogP contribution in [0.2, 0.25) is 10.3 Å². The van der Waals surface area contributed by atoms with Crippen LogP contribution in [0.4, 0.5) is 5.82 Å². The number of rotatable bonds is 3. The van der Waals surface area contributed by atoms with Gasteiger partial charge in [0.05, 0.1) is 6.20 Å². The Hall–Kier alpha value is -0.800. The van der Waals surface area contributed by atoms with Gasteiger partial charge in [0.1, 0.15) is 10.8 Å². The first-order valence-corrected chi connectivity index (χ1v) is 4.02. The van der Waals surface area contributed by atoms with Crippen LogP contribution < -0.4 is 5.32 Å². The monoisotopic (exact) mass is 203 g/mol. The number of hydrogen-bond donors (Lipinski definition) is 1. The van der Waals surface area contributed by atoms with Gasteiger partial charge in [-0.15, -0.1) is 6.58 Å². The third-order valence-electron chi connectivity index (χ3n) is 1.13. The van der Waals surface area contributed by atoms with E-state index in [4.69, 9.17) is 23.2 Å². The Morgan fingerprint density at radius 1 is 1.58 bits per heavy atom. The van der Waals surface area contributed by atoms with Crippen molar-refractivity contribution in [3.63, 3.8) is 0 Å². The number of aromatic nitrogens is 2. The van der Waals surface area contributed by atoms with Gasteiger partial charge in [-0.25, -0.2) is 4.98 Å². The average molecular weight is 204 g/mol. The summed E-state index contributed by atoms with van der Waals surface area (Å²) in [6.07, 6.45) is 3.15. The van der Waals surface area contributed by atoms with Gasteiger partial charge in [-0.3, -0.25) is 0 Å². The largest absolute Gasteiger partial charge is 0.365 e. The number of halogens is 2. The first kappa shape index (κ1) is 9.29. The van der Waals surface area contributed by atoms with Crippen molar-refractivity contribution < 1.29 is 0 Å². The lowest BCUT2D eigenvalue weighted by Gasteiger charge is -2.03. The second kappa shape index (κ2) is 4.28. The molecule has 0 aliphatic heterocycles. The highest BCUT2D eigenvalue weighted by molar-refractivity contribution is 6.33. The van der Waals surface area contributed by atoms with Gasteiger partial charge in [-0.05, 0) is 11.6 Å². The van der Waals surface area contributed by atoms with Gasteiger partial charge >= 0.3 is 0 Å². The van der Waals surface area contributed by atoms with Gasteiger partial charge in [0.25, 0.3) is 0 Å². The fourth-order valence-electron chi connectivity index (χ4n) is 0.638. The van der Waals surface area contributed by atoms with Gasteiger partial charge in [0, 0.05) is 6.54 Å². The lowest BCUT2D eigenvalue weighted by molar-refractivity contribution is 1.14. The van der Waals surface area contributed by atoms with Crippen molar-refractivity contribution in [3.05, 3.63) is 29.2 Å². The Bertz CT molecular complexity index is 288. The maximum Gasteiger partial charge on any atom is 0.224 e. The summed E-state index contributed by atoms with van der Waals surface area (Å²) in [5.41, 5.74) is 0. The topological polar surface area (TPSA) is 37.8 Å². The minimum Gasteiger partial charge on any atom is -0.365 e. The van der Waals surface area contributed by atoms with Crippen molar-refractivity contribution in [2.24, 2.45) is 0 Å². The minimum absolute atomic E-state index is 0.172. The van der Waals surface area contributed by atoms with E-state index in [1.54, 1.807) is 6.08 Å². The van der Waals surface area contributed by atoms with Crippen LogP contribution in [0.25, 0.3) is 0 Å². The summed E-state index contributed by atoms with van der Waals surface area (Å²) in [5.74, 6) is 0.525. The molecule has 3 nitrogen and oxygen atoms in total. The zero-order valence-corrected chi connectivity index (χ0v) is 7.73. The van der Waals surface area contributed by atoms with Gasteiger partial charge in [0.15, 0.2) is 0 Å². The van der Waals surface area contributed by atoms with Crippen LogP contribution in [0.5, 0.6) is 0 Å². The highest BCUT2D eigenvalue weighted by atomic mass is 35.5. The molecule has 0 saturated heterocycles. The average Bonchev–Trinajstić information content (AvgIpc) is 2.07. The first-order valence-electron chi connectivity index (χ1n) is 3.27. The number of nitrogens with zero attached hydrogens (tertiary/aromatic N) is 2. The fourth-order valence-corrected chi connectivity index (χ4v) is 0.930. The molecule has 0 aliphatic carbocycles. The van der Waals surface area contributed by atoms with Crippen molar-refractivity contribution in [1.82, 2.24) is 9.97 Å². The van der Waals surface area contributed by atoms with Gasteiger partial charge in [0.2, 0.25) is 5.28 Å². The molecule has 12 heavy (non-hydrogen) atoms. The molecular weight excluding hydrogens is 197 g/mol. The molecule has 0 aliphatic rings. The van der Waals surface area contributed by atoms with Gasteiger partial charge < -0.3 is 5.32 Å². The zero-order valence-electron chi connectivity index (χ0n) is 6.22. The maximum absolute atomic E-state index is 5.75. The zero-order chi connectivity index (χ0) is 8.97. The number of anilines is 1. The van der Waals surface area contributed by atoms with E-state index in [1.807, 2.05) is 0 Å². The molecule has 0 fully saturated rings. The van der Waals surface area contributed by atoms with Crippen molar-refractivity contribution in [2.45, 2.75) is 0 Å². The molecule has 1 aromatic rings. The van der Waals surface area contributed by atoms with Crippen LogP contribution in [-0.4, -0.2) is 16.5 Å². The summed E-state index contributed by atoms with van der Waals surface area (Å²) in [6.45, 7) is 4.14. The molecule has 1 aromatic heterocycles. The molecular formula is C7H7Cl2N3. The minimum atomic E-state index is 0.172. The van der Waals surface area contributed by atoms with Crippen molar-refractivity contribution in [2.75, 3.05) is 11.9 Å². The predicted molar refractivity (Wildman–Crippen MR) is 50.7 cm³/mol. The molecule has 0 aromatic carbocycles. The fraction of sp³-hybridized carbons (Fsp3) is 0.143.